The van der Waals surface area contributed by atoms with E-state index < -0.39 is 0 Å². The van der Waals surface area contributed by atoms with Crippen LogP contribution in [0, 0.1) is 12.9 Å². The van der Waals surface area contributed by atoms with Crippen molar-refractivity contribution in [3.05, 3.63) is 42.7 Å². The molecule has 1 N–H and O–H groups in total. The minimum absolute atomic E-state index is 0. The Bertz CT molecular complexity index is 291. The van der Waals surface area contributed by atoms with Crippen LogP contribution in [0.1, 0.15) is 5.56 Å². The molecule has 0 aliphatic carbocycles. The number of nitrogens with one attached hydrogen (secondary N) is 1. The predicted molar refractivity (Wildman–Crippen MR) is 43.6 cm³/mol. The van der Waals surface area contributed by atoms with E-state index in [9.17, 15) is 9.18 Å². The van der Waals surface area contributed by atoms with Gasteiger partial charge in [-0.3, -0.25) is 11.8 Å². The maximum atomic E-state index is 12.9. The molecule has 0 unspecified atom stereocenters. The summed E-state index contributed by atoms with van der Waals surface area (Å²) >= 11 is 0. The number of benzene rings is 1. The van der Waals surface area contributed by atoms with Crippen LogP contribution in [0.15, 0.2) is 24.3 Å². The van der Waals surface area contributed by atoms with Gasteiger partial charge in [-0.15, -0.1) is 0 Å². The SMILES string of the molecule is [CH2-]NC(=O)Cc1ccccc1F.[Rb+]. The van der Waals surface area contributed by atoms with Crippen molar-refractivity contribution >= 4 is 5.91 Å². The molecule has 0 atom stereocenters. The van der Waals surface area contributed by atoms with Gasteiger partial charge in [-0.1, -0.05) is 18.2 Å². The Morgan fingerprint density at radius 2 is 2.08 bits per heavy atom. The maximum absolute atomic E-state index is 12.9. The predicted octanol–water partition coefficient (Wildman–Crippen LogP) is -1.72. The molecule has 1 amide bonds. The van der Waals surface area contributed by atoms with Gasteiger partial charge in [-0.2, -0.15) is 0 Å². The van der Waals surface area contributed by atoms with Gasteiger partial charge in [0.25, 0.3) is 0 Å². The van der Waals surface area contributed by atoms with Crippen LogP contribution in [-0.2, 0) is 11.2 Å². The number of carbonyl (C=O) groups excluding carboxylic acids is 1. The number of hydrogen-bond acceptors (Lipinski definition) is 1. The third kappa shape index (κ3) is 4.45. The van der Waals surface area contributed by atoms with Crippen LogP contribution < -0.4 is 63.5 Å². The first-order valence-corrected chi connectivity index (χ1v) is 3.53. The van der Waals surface area contributed by atoms with Crippen molar-refractivity contribution < 1.29 is 67.4 Å². The van der Waals surface area contributed by atoms with Crippen molar-refractivity contribution in [1.82, 2.24) is 5.32 Å². The summed E-state index contributed by atoms with van der Waals surface area (Å²) in [6, 6.07) is 6.17. The van der Waals surface area contributed by atoms with E-state index in [1.807, 2.05) is 0 Å². The second-order valence-electron chi connectivity index (χ2n) is 2.37. The van der Waals surface area contributed by atoms with Crippen molar-refractivity contribution in [2.24, 2.45) is 0 Å². The van der Waals surface area contributed by atoms with Crippen molar-refractivity contribution in [3.8, 4) is 0 Å². The van der Waals surface area contributed by atoms with Crippen LogP contribution in [0.25, 0.3) is 0 Å². The molecule has 13 heavy (non-hydrogen) atoms. The first-order valence-electron chi connectivity index (χ1n) is 3.53. The quantitative estimate of drug-likeness (QED) is 0.623. The number of amides is 1. The molecule has 2 nitrogen and oxygen atoms in total. The molecule has 4 heteroatoms. The van der Waals surface area contributed by atoms with Gasteiger partial charge in [0.1, 0.15) is 5.82 Å². The van der Waals surface area contributed by atoms with Crippen LogP contribution in [0.3, 0.4) is 0 Å². The second-order valence-corrected chi connectivity index (χ2v) is 2.37. The van der Waals surface area contributed by atoms with Gasteiger partial charge in [0.05, 0.1) is 6.42 Å². The molecule has 0 radical (unpaired) electrons. The average Bonchev–Trinajstić information content (AvgIpc) is 2.09. The molecule has 0 spiro atoms. The molecular weight excluding hydrogens is 243 g/mol. The van der Waals surface area contributed by atoms with E-state index in [4.69, 9.17) is 0 Å². The fraction of sp³-hybridized carbons (Fsp3) is 0.111. The van der Waals surface area contributed by atoms with E-state index in [1.165, 1.54) is 6.07 Å². The molecule has 0 aromatic heterocycles. The molecule has 0 saturated carbocycles. The fourth-order valence-corrected chi connectivity index (χ4v) is 0.877. The molecule has 0 aliphatic heterocycles. The standard InChI is InChI=1S/C9H9FNO.Rb/c1-11-9(12)6-7-4-2-3-5-8(7)10;/h2-5H,1,6H2,(H,11,12);/q-1;+1. The third-order valence-electron chi connectivity index (χ3n) is 1.51. The first kappa shape index (κ1) is 13.4. The van der Waals surface area contributed by atoms with Crippen molar-refractivity contribution in [3.63, 3.8) is 0 Å². The summed E-state index contributed by atoms with van der Waals surface area (Å²) in [5.74, 6) is -0.652. The molecule has 0 heterocycles. The van der Waals surface area contributed by atoms with Crippen LogP contribution in [0.5, 0.6) is 0 Å². The second kappa shape index (κ2) is 6.82. The number of carbonyl (C=O) groups is 1. The summed E-state index contributed by atoms with van der Waals surface area (Å²) in [5, 5.41) is 2.19. The summed E-state index contributed by atoms with van der Waals surface area (Å²) in [7, 11) is 3.19. The smallest absolute Gasteiger partial charge is 0.508 e. The summed E-state index contributed by atoms with van der Waals surface area (Å²) < 4.78 is 12.9. The normalized spacial score (nSPS) is 8.77. The van der Waals surface area contributed by atoms with E-state index in [2.05, 4.69) is 12.4 Å². The Hall–Kier alpha value is 0.425. The minimum atomic E-state index is -0.360. The van der Waals surface area contributed by atoms with Crippen molar-refractivity contribution in [1.29, 1.82) is 0 Å². The summed E-state index contributed by atoms with van der Waals surface area (Å²) in [5.41, 5.74) is 0.388. The molecule has 1 aromatic rings. The van der Waals surface area contributed by atoms with Gasteiger partial charge in [-0.05, 0) is 11.6 Å². The summed E-state index contributed by atoms with van der Waals surface area (Å²) in [6.07, 6.45) is 0.0379. The molecule has 1 rings (SSSR count). The molecule has 0 fully saturated rings. The third-order valence-corrected chi connectivity index (χ3v) is 1.51. The minimum Gasteiger partial charge on any atom is -0.508 e. The Balaban J connectivity index is 0.00000144. The monoisotopic (exact) mass is 251 g/mol. The maximum Gasteiger partial charge on any atom is 1.00 e. The molecule has 0 bridgehead atoms. The zero-order chi connectivity index (χ0) is 8.97. The summed E-state index contributed by atoms with van der Waals surface area (Å²) in [4.78, 5) is 10.8. The topological polar surface area (TPSA) is 29.1 Å². The largest absolute Gasteiger partial charge is 1.00 e. The van der Waals surface area contributed by atoms with E-state index >= 15 is 0 Å². The van der Waals surface area contributed by atoms with Gasteiger partial charge in [0, 0.05) is 0 Å². The van der Waals surface area contributed by atoms with Gasteiger partial charge in [0.15, 0.2) is 5.91 Å². The molecule has 0 aliphatic rings. The number of halogens is 1. The Morgan fingerprint density at radius 1 is 1.46 bits per heavy atom. The van der Waals surface area contributed by atoms with Gasteiger partial charge < -0.3 is 5.32 Å². The van der Waals surface area contributed by atoms with Gasteiger partial charge >= 0.3 is 58.2 Å². The summed E-state index contributed by atoms with van der Waals surface area (Å²) in [6.45, 7) is 0. The zero-order valence-corrected chi connectivity index (χ0v) is 12.4. The van der Waals surface area contributed by atoms with Crippen molar-refractivity contribution in [2.45, 2.75) is 6.42 Å². The average molecular weight is 252 g/mol. The Morgan fingerprint density at radius 3 is 2.62 bits per heavy atom. The first-order chi connectivity index (χ1) is 5.74. The fourth-order valence-electron chi connectivity index (χ4n) is 0.877. The van der Waals surface area contributed by atoms with Gasteiger partial charge in [-0.25, -0.2) is 4.39 Å². The van der Waals surface area contributed by atoms with Gasteiger partial charge in [0.2, 0.25) is 0 Å². The van der Waals surface area contributed by atoms with Crippen LogP contribution in [-0.4, -0.2) is 5.91 Å². The Kier molecular flexibility index (Phi) is 7.04. The van der Waals surface area contributed by atoms with Crippen LogP contribution in [0.2, 0.25) is 0 Å². The van der Waals surface area contributed by atoms with E-state index in [0.717, 1.165) is 0 Å². The zero-order valence-electron chi connectivity index (χ0n) is 7.51. The molecular formula is C9H9FNORb. The van der Waals surface area contributed by atoms with E-state index in [-0.39, 0.29) is 76.3 Å². The molecule has 1 aromatic carbocycles. The molecule has 0 saturated heterocycles. The number of rotatable bonds is 2. The van der Waals surface area contributed by atoms with E-state index in [0.29, 0.717) is 5.56 Å². The van der Waals surface area contributed by atoms with E-state index in [1.54, 1.807) is 18.2 Å². The molecule has 64 valence electrons. The van der Waals surface area contributed by atoms with Crippen LogP contribution >= 0.6 is 0 Å². The van der Waals surface area contributed by atoms with Crippen molar-refractivity contribution in [2.75, 3.05) is 0 Å². The number of hydrogen-bond donors (Lipinski definition) is 1. The van der Waals surface area contributed by atoms with Crippen LogP contribution in [0.4, 0.5) is 4.39 Å². The Labute approximate surface area is 126 Å².